The summed E-state index contributed by atoms with van der Waals surface area (Å²) in [5.74, 6) is 0.943. The summed E-state index contributed by atoms with van der Waals surface area (Å²) in [5.41, 5.74) is 3.48. The van der Waals surface area contributed by atoms with Crippen LogP contribution in [0.4, 0.5) is 0 Å². The van der Waals surface area contributed by atoms with E-state index in [1.165, 1.54) is 32.1 Å². The summed E-state index contributed by atoms with van der Waals surface area (Å²) >= 11 is 0. The van der Waals surface area contributed by atoms with E-state index in [1.54, 1.807) is 0 Å². The molecule has 0 aromatic heterocycles. The lowest BCUT2D eigenvalue weighted by Crippen LogP contribution is -2.39. The highest BCUT2D eigenvalue weighted by Crippen LogP contribution is 2.22. The lowest BCUT2D eigenvalue weighted by molar-refractivity contribution is 0.227. The van der Waals surface area contributed by atoms with Gasteiger partial charge in [-0.05, 0) is 25.2 Å². The topological polar surface area (TPSA) is 15.3 Å². The highest BCUT2D eigenvalue weighted by atomic mass is 15.5. The van der Waals surface area contributed by atoms with Gasteiger partial charge in [0.05, 0.1) is 0 Å². The van der Waals surface area contributed by atoms with Crippen molar-refractivity contribution in [2.24, 2.45) is 5.92 Å². The van der Waals surface area contributed by atoms with E-state index in [1.807, 2.05) is 0 Å². The van der Waals surface area contributed by atoms with Gasteiger partial charge in [-0.1, -0.05) is 19.8 Å². The van der Waals surface area contributed by atoms with Gasteiger partial charge in [0.25, 0.3) is 0 Å². The lowest BCUT2D eigenvalue weighted by Gasteiger charge is -2.21. The predicted octanol–water partition coefficient (Wildman–Crippen LogP) is 2.02. The van der Waals surface area contributed by atoms with Crippen molar-refractivity contribution in [3.8, 4) is 0 Å². The molecule has 2 heteroatoms. The van der Waals surface area contributed by atoms with Crippen LogP contribution < -0.4 is 5.43 Å². The molecule has 0 aromatic rings. The Morgan fingerprint density at radius 3 is 2.50 bits per heavy atom. The maximum absolute atomic E-state index is 3.48. The summed E-state index contributed by atoms with van der Waals surface area (Å²) in [5, 5.41) is 2.08. The van der Waals surface area contributed by atoms with Gasteiger partial charge in [-0.15, -0.1) is 0 Å². The van der Waals surface area contributed by atoms with Crippen LogP contribution in [-0.4, -0.2) is 25.1 Å². The van der Waals surface area contributed by atoms with Crippen molar-refractivity contribution in [3.63, 3.8) is 0 Å². The molecule has 2 atom stereocenters. The second kappa shape index (κ2) is 4.83. The minimum atomic E-state index is 0.727. The minimum absolute atomic E-state index is 0.727. The SMILES string of the molecule is CC1CCCC(NN(C)C)CC1. The first-order valence-electron chi connectivity index (χ1n) is 5.12. The van der Waals surface area contributed by atoms with E-state index in [9.17, 15) is 0 Å². The van der Waals surface area contributed by atoms with Gasteiger partial charge < -0.3 is 0 Å². The predicted molar refractivity (Wildman–Crippen MR) is 52.9 cm³/mol. The highest BCUT2D eigenvalue weighted by molar-refractivity contribution is 4.71. The Morgan fingerprint density at radius 2 is 1.83 bits per heavy atom. The van der Waals surface area contributed by atoms with Crippen LogP contribution in [0.1, 0.15) is 39.0 Å². The summed E-state index contributed by atoms with van der Waals surface area (Å²) in [6, 6.07) is 0.727. The van der Waals surface area contributed by atoms with Gasteiger partial charge in [-0.25, -0.2) is 0 Å². The molecule has 1 saturated carbocycles. The summed E-state index contributed by atoms with van der Waals surface area (Å²) in [6.45, 7) is 2.37. The quantitative estimate of drug-likeness (QED) is 0.504. The Hall–Kier alpha value is -0.0800. The fourth-order valence-corrected chi connectivity index (χ4v) is 1.98. The first-order chi connectivity index (χ1) is 5.68. The van der Waals surface area contributed by atoms with Crippen LogP contribution in [0.3, 0.4) is 0 Å². The average molecular weight is 170 g/mol. The maximum Gasteiger partial charge on any atom is 0.0215 e. The second-order valence-electron chi connectivity index (χ2n) is 4.33. The zero-order valence-electron chi connectivity index (χ0n) is 8.64. The standard InChI is InChI=1S/C10H22N2/c1-9-5-4-6-10(8-7-9)11-12(2)3/h9-11H,4-8H2,1-3H3. The maximum atomic E-state index is 3.48. The molecule has 2 unspecified atom stereocenters. The lowest BCUT2D eigenvalue weighted by atomic mass is 10.0. The van der Waals surface area contributed by atoms with Gasteiger partial charge in [0.1, 0.15) is 0 Å². The van der Waals surface area contributed by atoms with Crippen LogP contribution in [0.25, 0.3) is 0 Å². The highest BCUT2D eigenvalue weighted by Gasteiger charge is 2.15. The van der Waals surface area contributed by atoms with E-state index in [-0.39, 0.29) is 0 Å². The molecule has 0 saturated heterocycles. The molecule has 0 amide bonds. The molecule has 1 N–H and O–H groups in total. The van der Waals surface area contributed by atoms with E-state index >= 15 is 0 Å². The molecule has 1 aliphatic carbocycles. The molecule has 1 fully saturated rings. The van der Waals surface area contributed by atoms with E-state index in [2.05, 4.69) is 31.5 Å². The molecule has 0 spiro atoms. The molecule has 12 heavy (non-hydrogen) atoms. The third-order valence-electron chi connectivity index (χ3n) is 2.70. The number of hydrogen-bond donors (Lipinski definition) is 1. The number of nitrogens with one attached hydrogen (secondary N) is 1. The van der Waals surface area contributed by atoms with Gasteiger partial charge in [-0.3, -0.25) is 10.4 Å². The van der Waals surface area contributed by atoms with E-state index in [4.69, 9.17) is 0 Å². The van der Waals surface area contributed by atoms with E-state index < -0.39 is 0 Å². The first kappa shape index (κ1) is 10.0. The van der Waals surface area contributed by atoms with Crippen LogP contribution in [-0.2, 0) is 0 Å². The third kappa shape index (κ3) is 3.55. The molecule has 0 heterocycles. The summed E-state index contributed by atoms with van der Waals surface area (Å²) in [4.78, 5) is 0. The largest absolute Gasteiger partial charge is 0.253 e. The van der Waals surface area contributed by atoms with Crippen molar-refractivity contribution in [1.29, 1.82) is 0 Å². The van der Waals surface area contributed by atoms with Gasteiger partial charge in [-0.2, -0.15) is 0 Å². The number of nitrogens with zero attached hydrogens (tertiary/aromatic N) is 1. The third-order valence-corrected chi connectivity index (χ3v) is 2.70. The van der Waals surface area contributed by atoms with Crippen LogP contribution in [0, 0.1) is 5.92 Å². The Balaban J connectivity index is 2.26. The smallest absolute Gasteiger partial charge is 0.0215 e. The van der Waals surface area contributed by atoms with Gasteiger partial charge in [0.2, 0.25) is 0 Å². The van der Waals surface area contributed by atoms with Gasteiger partial charge in [0.15, 0.2) is 0 Å². The summed E-state index contributed by atoms with van der Waals surface area (Å²) in [6.07, 6.45) is 6.91. The molecule has 0 aliphatic heterocycles. The molecule has 1 aliphatic rings. The minimum Gasteiger partial charge on any atom is -0.253 e. The normalized spacial score (nSPS) is 32.0. The zero-order chi connectivity index (χ0) is 8.97. The number of hydrazine groups is 1. The first-order valence-corrected chi connectivity index (χ1v) is 5.12. The fraction of sp³-hybridized carbons (Fsp3) is 1.00. The number of hydrogen-bond acceptors (Lipinski definition) is 2. The van der Waals surface area contributed by atoms with Crippen molar-refractivity contribution >= 4 is 0 Å². The van der Waals surface area contributed by atoms with Crippen LogP contribution >= 0.6 is 0 Å². The molecule has 0 radical (unpaired) electrons. The monoisotopic (exact) mass is 170 g/mol. The summed E-state index contributed by atoms with van der Waals surface area (Å²) < 4.78 is 0. The zero-order valence-corrected chi connectivity index (χ0v) is 8.64. The summed E-state index contributed by atoms with van der Waals surface area (Å²) in [7, 11) is 4.16. The van der Waals surface area contributed by atoms with Crippen LogP contribution in [0.5, 0.6) is 0 Å². The number of rotatable bonds is 2. The molecule has 72 valence electrons. The van der Waals surface area contributed by atoms with E-state index in [0.717, 1.165) is 12.0 Å². The second-order valence-corrected chi connectivity index (χ2v) is 4.33. The Labute approximate surface area is 76.3 Å². The van der Waals surface area contributed by atoms with Crippen LogP contribution in [0.15, 0.2) is 0 Å². The van der Waals surface area contributed by atoms with E-state index in [0.29, 0.717) is 0 Å². The Morgan fingerprint density at radius 1 is 1.08 bits per heavy atom. The van der Waals surface area contributed by atoms with Gasteiger partial charge >= 0.3 is 0 Å². The van der Waals surface area contributed by atoms with Crippen molar-refractivity contribution in [2.75, 3.05) is 14.1 Å². The molecular formula is C10H22N2. The molecule has 0 bridgehead atoms. The Kier molecular flexibility index (Phi) is 4.02. The van der Waals surface area contributed by atoms with Crippen LogP contribution in [0.2, 0.25) is 0 Å². The molecule has 1 rings (SSSR count). The molecule has 2 nitrogen and oxygen atoms in total. The Bertz CT molecular complexity index is 123. The fourth-order valence-electron chi connectivity index (χ4n) is 1.98. The molecule has 0 aromatic carbocycles. The van der Waals surface area contributed by atoms with Crippen molar-refractivity contribution in [1.82, 2.24) is 10.4 Å². The van der Waals surface area contributed by atoms with Crippen molar-refractivity contribution < 1.29 is 0 Å². The average Bonchev–Trinajstić information content (AvgIpc) is 2.15. The van der Waals surface area contributed by atoms with Crippen molar-refractivity contribution in [2.45, 2.75) is 45.1 Å². The molecular weight excluding hydrogens is 148 g/mol. The van der Waals surface area contributed by atoms with Gasteiger partial charge in [0, 0.05) is 20.1 Å². The van der Waals surface area contributed by atoms with Crippen molar-refractivity contribution in [3.05, 3.63) is 0 Å².